The molecule has 1 heterocycles. The van der Waals surface area contributed by atoms with Crippen LogP contribution < -0.4 is 10.5 Å². The maximum atomic E-state index is 5.45. The van der Waals surface area contributed by atoms with Crippen LogP contribution in [0.5, 0.6) is 6.01 Å². The summed E-state index contributed by atoms with van der Waals surface area (Å²) in [6.45, 7) is 0.717. The minimum atomic E-state index is 0.429. The lowest BCUT2D eigenvalue weighted by molar-refractivity contribution is 0.212. The number of anilines is 1. The van der Waals surface area contributed by atoms with Gasteiger partial charge in [0, 0.05) is 0 Å². The van der Waals surface area contributed by atoms with E-state index in [2.05, 4.69) is 9.97 Å². The first-order chi connectivity index (χ1) is 6.84. The Labute approximate surface area is 83.5 Å². The number of aromatic nitrogens is 2. The van der Waals surface area contributed by atoms with Crippen LogP contribution in [-0.2, 0) is 0 Å². The van der Waals surface area contributed by atoms with E-state index in [0.717, 1.165) is 12.3 Å². The summed E-state index contributed by atoms with van der Waals surface area (Å²) in [6.07, 6.45) is 8.33. The van der Waals surface area contributed by atoms with Gasteiger partial charge in [-0.15, -0.1) is 0 Å². The molecule has 0 bridgehead atoms. The molecule has 4 heteroatoms. The smallest absolute Gasteiger partial charge is 0.316 e. The standard InChI is InChI=1S/C10H15N3O/c11-9-6-12-10(13-7-9)14-5-4-8-2-1-3-8/h6-8H,1-5,11H2. The fourth-order valence-corrected chi connectivity index (χ4v) is 1.50. The summed E-state index contributed by atoms with van der Waals surface area (Å²) in [6, 6.07) is 0.429. The van der Waals surface area contributed by atoms with E-state index in [1.807, 2.05) is 0 Å². The van der Waals surface area contributed by atoms with Gasteiger partial charge in [0.1, 0.15) is 0 Å². The van der Waals surface area contributed by atoms with Crippen LogP contribution in [0.2, 0.25) is 0 Å². The van der Waals surface area contributed by atoms with Gasteiger partial charge in [-0.25, -0.2) is 9.97 Å². The van der Waals surface area contributed by atoms with Gasteiger partial charge in [-0.2, -0.15) is 0 Å². The van der Waals surface area contributed by atoms with Crippen LogP contribution >= 0.6 is 0 Å². The van der Waals surface area contributed by atoms with E-state index in [-0.39, 0.29) is 0 Å². The number of nitrogens with zero attached hydrogens (tertiary/aromatic N) is 2. The highest BCUT2D eigenvalue weighted by Crippen LogP contribution is 2.29. The molecule has 1 aromatic heterocycles. The Morgan fingerprint density at radius 2 is 2.07 bits per heavy atom. The summed E-state index contributed by atoms with van der Waals surface area (Å²) in [5.74, 6) is 0.865. The van der Waals surface area contributed by atoms with Gasteiger partial charge < -0.3 is 10.5 Å². The van der Waals surface area contributed by atoms with E-state index < -0.39 is 0 Å². The van der Waals surface area contributed by atoms with E-state index in [4.69, 9.17) is 10.5 Å². The molecular formula is C10H15N3O. The van der Waals surface area contributed by atoms with Crippen LogP contribution in [0.1, 0.15) is 25.7 Å². The fourth-order valence-electron chi connectivity index (χ4n) is 1.50. The van der Waals surface area contributed by atoms with Crippen molar-refractivity contribution in [1.82, 2.24) is 9.97 Å². The molecule has 0 spiro atoms. The summed E-state index contributed by atoms with van der Waals surface area (Å²) in [4.78, 5) is 7.92. The number of nitrogens with two attached hydrogens (primary N) is 1. The van der Waals surface area contributed by atoms with Crippen molar-refractivity contribution < 1.29 is 4.74 Å². The summed E-state index contributed by atoms with van der Waals surface area (Å²) in [5, 5.41) is 0. The average molecular weight is 193 g/mol. The van der Waals surface area contributed by atoms with Crippen LogP contribution in [0, 0.1) is 5.92 Å². The Bertz CT molecular complexity index is 282. The van der Waals surface area contributed by atoms with Crippen LogP contribution in [0.25, 0.3) is 0 Å². The first kappa shape index (κ1) is 9.24. The molecule has 1 saturated carbocycles. The van der Waals surface area contributed by atoms with E-state index in [9.17, 15) is 0 Å². The third kappa shape index (κ3) is 2.34. The third-order valence-corrected chi connectivity index (χ3v) is 2.63. The molecule has 0 aromatic carbocycles. The topological polar surface area (TPSA) is 61.0 Å². The Morgan fingerprint density at radius 3 is 2.64 bits per heavy atom. The van der Waals surface area contributed by atoms with Crippen LogP contribution in [-0.4, -0.2) is 16.6 Å². The first-order valence-electron chi connectivity index (χ1n) is 5.05. The van der Waals surface area contributed by atoms with Crippen molar-refractivity contribution in [2.24, 2.45) is 5.92 Å². The molecule has 0 saturated heterocycles. The lowest BCUT2D eigenvalue weighted by Gasteiger charge is -2.24. The molecule has 76 valence electrons. The first-order valence-corrected chi connectivity index (χ1v) is 5.05. The summed E-state index contributed by atoms with van der Waals surface area (Å²) in [5.41, 5.74) is 6.02. The zero-order valence-electron chi connectivity index (χ0n) is 8.15. The molecular weight excluding hydrogens is 178 g/mol. The van der Waals surface area contributed by atoms with E-state index in [1.54, 1.807) is 12.4 Å². The van der Waals surface area contributed by atoms with Crippen LogP contribution in [0.15, 0.2) is 12.4 Å². The zero-order chi connectivity index (χ0) is 9.80. The van der Waals surface area contributed by atoms with Crippen LogP contribution in [0.4, 0.5) is 5.69 Å². The number of nitrogen functional groups attached to an aromatic ring is 1. The maximum absolute atomic E-state index is 5.45. The normalized spacial score (nSPS) is 16.3. The molecule has 4 nitrogen and oxygen atoms in total. The predicted molar refractivity (Wildman–Crippen MR) is 53.9 cm³/mol. The van der Waals surface area contributed by atoms with Crippen molar-refractivity contribution in [3.05, 3.63) is 12.4 Å². The molecule has 2 rings (SSSR count). The van der Waals surface area contributed by atoms with Crippen molar-refractivity contribution in [2.45, 2.75) is 25.7 Å². The van der Waals surface area contributed by atoms with E-state index in [0.29, 0.717) is 18.3 Å². The van der Waals surface area contributed by atoms with Gasteiger partial charge in [0.15, 0.2) is 0 Å². The molecule has 0 aliphatic heterocycles. The van der Waals surface area contributed by atoms with Gasteiger partial charge in [-0.1, -0.05) is 19.3 Å². The number of hydrogen-bond donors (Lipinski definition) is 1. The van der Waals surface area contributed by atoms with Crippen molar-refractivity contribution in [3.63, 3.8) is 0 Å². The largest absolute Gasteiger partial charge is 0.463 e. The maximum Gasteiger partial charge on any atom is 0.316 e. The summed E-state index contributed by atoms with van der Waals surface area (Å²) in [7, 11) is 0. The summed E-state index contributed by atoms with van der Waals surface area (Å²) < 4.78 is 5.39. The van der Waals surface area contributed by atoms with Crippen molar-refractivity contribution in [2.75, 3.05) is 12.3 Å². The Hall–Kier alpha value is -1.32. The molecule has 0 unspecified atom stereocenters. The van der Waals surface area contributed by atoms with Crippen molar-refractivity contribution in [1.29, 1.82) is 0 Å². The minimum absolute atomic E-state index is 0.429. The monoisotopic (exact) mass is 193 g/mol. The van der Waals surface area contributed by atoms with Gasteiger partial charge in [-0.3, -0.25) is 0 Å². The summed E-state index contributed by atoms with van der Waals surface area (Å²) >= 11 is 0. The molecule has 1 aromatic rings. The Kier molecular flexibility index (Phi) is 2.81. The van der Waals surface area contributed by atoms with Gasteiger partial charge in [0.25, 0.3) is 0 Å². The molecule has 0 atom stereocenters. The molecule has 1 aliphatic rings. The zero-order valence-corrected chi connectivity index (χ0v) is 8.15. The number of ether oxygens (including phenoxy) is 1. The average Bonchev–Trinajstić information content (AvgIpc) is 2.12. The molecule has 14 heavy (non-hydrogen) atoms. The van der Waals surface area contributed by atoms with Gasteiger partial charge in [0.2, 0.25) is 0 Å². The number of rotatable bonds is 4. The second-order valence-corrected chi connectivity index (χ2v) is 3.73. The Balaban J connectivity index is 1.71. The molecule has 2 N–H and O–H groups in total. The van der Waals surface area contributed by atoms with Crippen molar-refractivity contribution >= 4 is 5.69 Å². The fraction of sp³-hybridized carbons (Fsp3) is 0.600. The second kappa shape index (κ2) is 4.26. The predicted octanol–water partition coefficient (Wildman–Crippen LogP) is 1.63. The Morgan fingerprint density at radius 1 is 1.36 bits per heavy atom. The number of hydrogen-bond acceptors (Lipinski definition) is 4. The lowest BCUT2D eigenvalue weighted by Crippen LogP contribution is -2.15. The van der Waals surface area contributed by atoms with Gasteiger partial charge in [-0.05, 0) is 12.3 Å². The van der Waals surface area contributed by atoms with E-state index >= 15 is 0 Å². The minimum Gasteiger partial charge on any atom is -0.463 e. The highest BCUT2D eigenvalue weighted by molar-refractivity contribution is 5.30. The molecule has 1 aliphatic carbocycles. The van der Waals surface area contributed by atoms with Gasteiger partial charge in [0.05, 0.1) is 24.7 Å². The molecule has 0 amide bonds. The second-order valence-electron chi connectivity index (χ2n) is 3.73. The molecule has 1 fully saturated rings. The molecule has 0 radical (unpaired) electrons. The third-order valence-electron chi connectivity index (χ3n) is 2.63. The van der Waals surface area contributed by atoms with E-state index in [1.165, 1.54) is 19.3 Å². The van der Waals surface area contributed by atoms with Crippen molar-refractivity contribution in [3.8, 4) is 6.01 Å². The lowest BCUT2D eigenvalue weighted by atomic mass is 9.83. The quantitative estimate of drug-likeness (QED) is 0.789. The highest BCUT2D eigenvalue weighted by Gasteiger charge is 2.16. The highest BCUT2D eigenvalue weighted by atomic mass is 16.5. The SMILES string of the molecule is Nc1cnc(OCCC2CCC2)nc1. The van der Waals surface area contributed by atoms with Gasteiger partial charge >= 0.3 is 6.01 Å². The van der Waals surface area contributed by atoms with Crippen LogP contribution in [0.3, 0.4) is 0 Å².